The number of piperidine rings is 1. The molecule has 31 heavy (non-hydrogen) atoms. The fourth-order valence-electron chi connectivity index (χ4n) is 5.34. The molecule has 2 amide bonds. The molecule has 5 heteroatoms. The van der Waals surface area contributed by atoms with Crippen LogP contribution in [-0.4, -0.2) is 41.6 Å². The molecule has 2 aliphatic carbocycles. The van der Waals surface area contributed by atoms with Gasteiger partial charge in [-0.3, -0.25) is 14.4 Å². The summed E-state index contributed by atoms with van der Waals surface area (Å²) in [5.41, 5.74) is 1.74. The van der Waals surface area contributed by atoms with Crippen molar-refractivity contribution in [2.45, 2.75) is 83.1 Å². The smallest absolute Gasteiger partial charge is 0.251 e. The molecule has 1 aromatic rings. The van der Waals surface area contributed by atoms with Crippen LogP contribution in [0.25, 0.3) is 0 Å². The van der Waals surface area contributed by atoms with Crippen LogP contribution in [0.4, 0.5) is 0 Å². The SMILES string of the molecule is CCC(=O)[C@H](NC(=O)c1cccc([C@@H]2CCCN(C(=O)C3CC3)C2)c1)C1CCCCC1. The van der Waals surface area contributed by atoms with Crippen molar-refractivity contribution in [2.75, 3.05) is 13.1 Å². The average Bonchev–Trinajstić information content (AvgIpc) is 3.68. The fraction of sp³-hybridized carbons (Fsp3) is 0.654. The van der Waals surface area contributed by atoms with Crippen molar-refractivity contribution in [2.24, 2.45) is 11.8 Å². The molecule has 0 aromatic heterocycles. The number of carbonyl (C=O) groups excluding carboxylic acids is 3. The minimum Gasteiger partial charge on any atom is -0.342 e. The summed E-state index contributed by atoms with van der Waals surface area (Å²) in [5.74, 6) is 1.08. The summed E-state index contributed by atoms with van der Waals surface area (Å²) in [6, 6.07) is 7.44. The molecule has 1 N–H and O–H groups in total. The highest BCUT2D eigenvalue weighted by Crippen LogP contribution is 2.34. The van der Waals surface area contributed by atoms with Gasteiger partial charge >= 0.3 is 0 Å². The number of Topliss-reactive ketones (excluding diaryl/α,β-unsaturated/α-hetero) is 1. The molecule has 2 saturated carbocycles. The Bertz CT molecular complexity index is 811. The Morgan fingerprint density at radius 2 is 1.81 bits per heavy atom. The van der Waals surface area contributed by atoms with E-state index in [-0.39, 0.29) is 35.5 Å². The number of nitrogens with zero attached hydrogens (tertiary/aromatic N) is 1. The summed E-state index contributed by atoms with van der Waals surface area (Å²) >= 11 is 0. The van der Waals surface area contributed by atoms with E-state index in [1.54, 1.807) is 0 Å². The highest BCUT2D eigenvalue weighted by Gasteiger charge is 2.36. The summed E-state index contributed by atoms with van der Waals surface area (Å²) in [7, 11) is 0. The first-order valence-corrected chi connectivity index (χ1v) is 12.3. The van der Waals surface area contributed by atoms with Crippen LogP contribution in [0.5, 0.6) is 0 Å². The van der Waals surface area contributed by atoms with E-state index in [0.29, 0.717) is 17.9 Å². The number of hydrogen-bond acceptors (Lipinski definition) is 3. The molecule has 1 aliphatic heterocycles. The van der Waals surface area contributed by atoms with Crippen LogP contribution in [0.3, 0.4) is 0 Å². The van der Waals surface area contributed by atoms with Gasteiger partial charge in [-0.2, -0.15) is 0 Å². The van der Waals surface area contributed by atoms with Crippen LogP contribution >= 0.6 is 0 Å². The molecule has 2 atom stereocenters. The number of benzene rings is 1. The Morgan fingerprint density at radius 1 is 1.03 bits per heavy atom. The lowest BCUT2D eigenvalue weighted by atomic mass is 9.81. The third-order valence-corrected chi connectivity index (χ3v) is 7.38. The second-order valence-corrected chi connectivity index (χ2v) is 9.69. The number of ketones is 1. The number of carbonyl (C=O) groups is 3. The van der Waals surface area contributed by atoms with E-state index < -0.39 is 0 Å². The van der Waals surface area contributed by atoms with Gasteiger partial charge in [0.05, 0.1) is 6.04 Å². The predicted molar refractivity (Wildman–Crippen MR) is 121 cm³/mol. The van der Waals surface area contributed by atoms with E-state index in [9.17, 15) is 14.4 Å². The van der Waals surface area contributed by atoms with Gasteiger partial charge in [-0.15, -0.1) is 0 Å². The molecule has 1 aromatic carbocycles. The van der Waals surface area contributed by atoms with Crippen LogP contribution in [0.15, 0.2) is 24.3 Å². The molecule has 0 spiro atoms. The number of rotatable bonds is 7. The van der Waals surface area contributed by atoms with E-state index in [0.717, 1.165) is 70.0 Å². The third kappa shape index (κ3) is 5.36. The molecule has 1 heterocycles. The Hall–Kier alpha value is -2.17. The molecule has 0 unspecified atom stereocenters. The zero-order valence-electron chi connectivity index (χ0n) is 18.8. The van der Waals surface area contributed by atoms with Crippen LogP contribution in [0, 0.1) is 11.8 Å². The normalized spacial score (nSPS) is 23.3. The minimum atomic E-state index is -0.372. The molecule has 0 bridgehead atoms. The lowest BCUT2D eigenvalue weighted by Crippen LogP contribution is -2.46. The Kier molecular flexibility index (Phi) is 7.09. The number of amides is 2. The van der Waals surface area contributed by atoms with Crippen LogP contribution < -0.4 is 5.32 Å². The van der Waals surface area contributed by atoms with Crippen molar-refractivity contribution < 1.29 is 14.4 Å². The molecule has 3 aliphatic rings. The largest absolute Gasteiger partial charge is 0.342 e. The maximum atomic E-state index is 13.1. The molecule has 168 valence electrons. The zero-order chi connectivity index (χ0) is 21.8. The van der Waals surface area contributed by atoms with Gasteiger partial charge in [0.15, 0.2) is 5.78 Å². The fourth-order valence-corrected chi connectivity index (χ4v) is 5.34. The highest BCUT2D eigenvalue weighted by atomic mass is 16.2. The van der Waals surface area contributed by atoms with Gasteiger partial charge in [0.25, 0.3) is 5.91 Å². The van der Waals surface area contributed by atoms with Crippen molar-refractivity contribution in [1.82, 2.24) is 10.2 Å². The Balaban J connectivity index is 1.44. The van der Waals surface area contributed by atoms with E-state index in [4.69, 9.17) is 0 Å². The molecule has 5 nitrogen and oxygen atoms in total. The molecular weight excluding hydrogens is 388 g/mol. The molecule has 1 saturated heterocycles. The lowest BCUT2D eigenvalue weighted by molar-refractivity contribution is -0.133. The molecule has 4 rings (SSSR count). The van der Waals surface area contributed by atoms with Crippen molar-refractivity contribution >= 4 is 17.6 Å². The lowest BCUT2D eigenvalue weighted by Gasteiger charge is -2.33. The van der Waals surface area contributed by atoms with Crippen molar-refractivity contribution in [3.63, 3.8) is 0 Å². The standard InChI is InChI=1S/C26H36N2O3/c1-2-23(29)24(18-8-4-3-5-9-18)27-25(30)21-11-6-10-20(16-21)22-12-7-15-28(17-22)26(31)19-13-14-19/h6,10-11,16,18-19,22,24H,2-5,7-9,12-15,17H2,1H3,(H,27,30)/t22-,24-/m1/s1. The van der Waals surface area contributed by atoms with Gasteiger partial charge in [0.2, 0.25) is 5.91 Å². The zero-order valence-corrected chi connectivity index (χ0v) is 18.8. The van der Waals surface area contributed by atoms with Crippen LogP contribution in [0.1, 0.15) is 93.0 Å². The maximum absolute atomic E-state index is 13.1. The van der Waals surface area contributed by atoms with Crippen molar-refractivity contribution in [3.05, 3.63) is 35.4 Å². The summed E-state index contributed by atoms with van der Waals surface area (Å²) in [4.78, 5) is 40.2. The number of likely N-dealkylation sites (tertiary alicyclic amines) is 1. The van der Waals surface area contributed by atoms with Gasteiger partial charge in [-0.25, -0.2) is 0 Å². The van der Waals surface area contributed by atoms with Crippen molar-refractivity contribution in [3.8, 4) is 0 Å². The number of hydrogen-bond donors (Lipinski definition) is 1. The summed E-state index contributed by atoms with van der Waals surface area (Å²) in [6.07, 6.45) is 10.1. The van der Waals surface area contributed by atoms with E-state index in [1.165, 1.54) is 6.42 Å². The predicted octanol–water partition coefficient (Wildman–Crippen LogP) is 4.46. The molecular formula is C26H36N2O3. The quantitative estimate of drug-likeness (QED) is 0.703. The van der Waals surface area contributed by atoms with Gasteiger partial charge < -0.3 is 10.2 Å². The highest BCUT2D eigenvalue weighted by molar-refractivity contribution is 5.98. The molecule has 0 radical (unpaired) electrons. The second kappa shape index (κ2) is 9.97. The van der Waals surface area contributed by atoms with E-state index >= 15 is 0 Å². The third-order valence-electron chi connectivity index (χ3n) is 7.38. The second-order valence-electron chi connectivity index (χ2n) is 9.69. The summed E-state index contributed by atoms with van der Waals surface area (Å²) in [6.45, 7) is 3.48. The van der Waals surface area contributed by atoms with Crippen LogP contribution in [0.2, 0.25) is 0 Å². The van der Waals surface area contributed by atoms with Gasteiger partial charge in [-0.1, -0.05) is 38.3 Å². The van der Waals surface area contributed by atoms with Gasteiger partial charge in [0, 0.05) is 36.9 Å². The monoisotopic (exact) mass is 424 g/mol. The number of nitrogens with one attached hydrogen (secondary N) is 1. The van der Waals surface area contributed by atoms with E-state index in [2.05, 4.69) is 11.4 Å². The minimum absolute atomic E-state index is 0.137. The van der Waals surface area contributed by atoms with Gasteiger partial charge in [-0.05, 0) is 62.1 Å². The topological polar surface area (TPSA) is 66.5 Å². The van der Waals surface area contributed by atoms with E-state index in [1.807, 2.05) is 30.0 Å². The van der Waals surface area contributed by atoms with Gasteiger partial charge in [0.1, 0.15) is 0 Å². The first kappa shape index (κ1) is 22.0. The molecule has 3 fully saturated rings. The average molecular weight is 425 g/mol. The Labute approximate surface area is 186 Å². The first-order valence-electron chi connectivity index (χ1n) is 12.3. The Morgan fingerprint density at radius 3 is 2.52 bits per heavy atom. The van der Waals surface area contributed by atoms with Crippen molar-refractivity contribution in [1.29, 1.82) is 0 Å². The first-order chi connectivity index (χ1) is 15.1. The summed E-state index contributed by atoms with van der Waals surface area (Å²) in [5, 5.41) is 3.08. The van der Waals surface area contributed by atoms with Crippen LogP contribution in [-0.2, 0) is 9.59 Å². The summed E-state index contributed by atoms with van der Waals surface area (Å²) < 4.78 is 0. The maximum Gasteiger partial charge on any atom is 0.251 e.